The number of sulfonamides is 1. The number of amides is 1. The maximum Gasteiger partial charge on any atom is 0.242 e. The minimum atomic E-state index is -3.50. The standard InChI is InChI=1S/C18H28N4O3S/c1-6-7-12-22-16-9-8-14(26(24,25)21(4)5)13-15(16)19-17(22)10-11-18(23)20(2)3/h8-9,13H,6-7,10-12H2,1-5H3. The van der Waals surface area contributed by atoms with Crippen molar-refractivity contribution in [3.05, 3.63) is 24.0 Å². The van der Waals surface area contributed by atoms with Gasteiger partial charge in [0.2, 0.25) is 15.9 Å². The lowest BCUT2D eigenvalue weighted by molar-refractivity contribution is -0.128. The van der Waals surface area contributed by atoms with Crippen LogP contribution in [0.1, 0.15) is 32.0 Å². The summed E-state index contributed by atoms with van der Waals surface area (Å²) in [5.41, 5.74) is 1.56. The van der Waals surface area contributed by atoms with Gasteiger partial charge >= 0.3 is 0 Å². The van der Waals surface area contributed by atoms with E-state index in [0.29, 0.717) is 18.4 Å². The first-order chi connectivity index (χ1) is 12.2. The second kappa shape index (κ2) is 8.18. The van der Waals surface area contributed by atoms with Crippen LogP contribution in [0.3, 0.4) is 0 Å². The highest BCUT2D eigenvalue weighted by molar-refractivity contribution is 7.89. The van der Waals surface area contributed by atoms with Crippen LogP contribution in [0.25, 0.3) is 11.0 Å². The number of nitrogens with zero attached hydrogens (tertiary/aromatic N) is 4. The molecule has 0 saturated carbocycles. The van der Waals surface area contributed by atoms with Crippen LogP contribution in [-0.4, -0.2) is 61.3 Å². The van der Waals surface area contributed by atoms with Gasteiger partial charge in [-0.15, -0.1) is 0 Å². The second-order valence-corrected chi connectivity index (χ2v) is 8.91. The third-order valence-corrected chi connectivity index (χ3v) is 6.18. The van der Waals surface area contributed by atoms with Crippen LogP contribution < -0.4 is 0 Å². The summed E-state index contributed by atoms with van der Waals surface area (Å²) in [7, 11) is 2.99. The highest BCUT2D eigenvalue weighted by atomic mass is 32.2. The number of aryl methyl sites for hydroxylation is 2. The summed E-state index contributed by atoms with van der Waals surface area (Å²) < 4.78 is 28.0. The highest BCUT2D eigenvalue weighted by Gasteiger charge is 2.20. The van der Waals surface area contributed by atoms with E-state index in [1.807, 2.05) is 6.07 Å². The predicted octanol–water partition coefficient (Wildman–Crippen LogP) is 2.11. The molecule has 2 aromatic rings. The Morgan fingerprint density at radius 2 is 1.88 bits per heavy atom. The average Bonchev–Trinajstić information content (AvgIpc) is 2.94. The van der Waals surface area contributed by atoms with Crippen LogP contribution in [0.15, 0.2) is 23.1 Å². The SMILES string of the molecule is CCCCn1c(CCC(=O)N(C)C)nc2cc(S(=O)(=O)N(C)C)ccc21. The van der Waals surface area contributed by atoms with Gasteiger partial charge in [-0.1, -0.05) is 13.3 Å². The van der Waals surface area contributed by atoms with E-state index in [1.54, 1.807) is 31.1 Å². The van der Waals surface area contributed by atoms with Gasteiger partial charge in [0.05, 0.1) is 15.9 Å². The van der Waals surface area contributed by atoms with E-state index in [9.17, 15) is 13.2 Å². The smallest absolute Gasteiger partial charge is 0.242 e. The normalized spacial score (nSPS) is 12.1. The molecule has 0 radical (unpaired) electrons. The molecule has 0 unspecified atom stereocenters. The number of rotatable bonds is 8. The summed E-state index contributed by atoms with van der Waals surface area (Å²) in [6, 6.07) is 5.05. The van der Waals surface area contributed by atoms with Gasteiger partial charge in [0.25, 0.3) is 0 Å². The first-order valence-electron chi connectivity index (χ1n) is 8.80. The number of aromatic nitrogens is 2. The third kappa shape index (κ3) is 4.24. The number of unbranched alkanes of at least 4 members (excludes halogenated alkanes) is 1. The zero-order valence-corrected chi connectivity index (χ0v) is 17.0. The monoisotopic (exact) mass is 380 g/mol. The Morgan fingerprint density at radius 3 is 2.46 bits per heavy atom. The second-order valence-electron chi connectivity index (χ2n) is 6.76. The molecule has 8 heteroatoms. The molecule has 2 rings (SSSR count). The van der Waals surface area contributed by atoms with Gasteiger partial charge in [-0.2, -0.15) is 0 Å². The molecule has 1 aromatic heterocycles. The van der Waals surface area contributed by atoms with Gasteiger partial charge in [0.15, 0.2) is 0 Å². The zero-order chi connectivity index (χ0) is 19.5. The molecule has 0 spiro atoms. The molecule has 0 aliphatic carbocycles. The topological polar surface area (TPSA) is 75.5 Å². The Hall–Kier alpha value is -1.93. The predicted molar refractivity (Wildman–Crippen MR) is 103 cm³/mol. The number of hydrogen-bond donors (Lipinski definition) is 0. The van der Waals surface area contributed by atoms with Crippen molar-refractivity contribution >= 4 is 27.0 Å². The van der Waals surface area contributed by atoms with Gasteiger partial charge < -0.3 is 9.47 Å². The van der Waals surface area contributed by atoms with Crippen molar-refractivity contribution in [1.29, 1.82) is 0 Å². The molecular formula is C18H28N4O3S. The Morgan fingerprint density at radius 1 is 1.19 bits per heavy atom. The molecule has 1 aromatic carbocycles. The van der Waals surface area contributed by atoms with Gasteiger partial charge in [-0.05, 0) is 24.6 Å². The van der Waals surface area contributed by atoms with Crippen LogP contribution in [0, 0.1) is 0 Å². The number of hydrogen-bond acceptors (Lipinski definition) is 4. The highest BCUT2D eigenvalue weighted by Crippen LogP contribution is 2.23. The fourth-order valence-electron chi connectivity index (χ4n) is 2.73. The minimum Gasteiger partial charge on any atom is -0.349 e. The fraction of sp³-hybridized carbons (Fsp3) is 0.556. The van der Waals surface area contributed by atoms with Crippen LogP contribution in [-0.2, 0) is 27.8 Å². The molecule has 0 aliphatic heterocycles. The van der Waals surface area contributed by atoms with E-state index in [1.165, 1.54) is 18.4 Å². The molecule has 0 saturated heterocycles. The first-order valence-corrected chi connectivity index (χ1v) is 10.2. The van der Waals surface area contributed by atoms with Crippen molar-refractivity contribution in [3.8, 4) is 0 Å². The maximum atomic E-state index is 12.4. The summed E-state index contributed by atoms with van der Waals surface area (Å²) in [6.45, 7) is 2.92. The molecular weight excluding hydrogens is 352 g/mol. The summed E-state index contributed by atoms with van der Waals surface area (Å²) in [5.74, 6) is 0.873. The number of carbonyl (C=O) groups excluding carboxylic acids is 1. The van der Waals surface area contributed by atoms with Crippen molar-refractivity contribution < 1.29 is 13.2 Å². The van der Waals surface area contributed by atoms with Crippen molar-refractivity contribution in [2.45, 2.75) is 44.0 Å². The van der Waals surface area contributed by atoms with E-state index in [4.69, 9.17) is 0 Å². The molecule has 0 N–H and O–H groups in total. The van der Waals surface area contributed by atoms with Crippen molar-refractivity contribution in [1.82, 2.24) is 18.8 Å². The van der Waals surface area contributed by atoms with Crippen LogP contribution in [0.2, 0.25) is 0 Å². The summed E-state index contributed by atoms with van der Waals surface area (Å²) in [6.07, 6.45) is 2.96. The Kier molecular flexibility index (Phi) is 6.41. The van der Waals surface area contributed by atoms with Crippen molar-refractivity contribution in [2.75, 3.05) is 28.2 Å². The Balaban J connectivity index is 2.45. The number of imidazole rings is 1. The summed E-state index contributed by atoms with van der Waals surface area (Å²) in [4.78, 5) is 18.4. The molecule has 26 heavy (non-hydrogen) atoms. The van der Waals surface area contributed by atoms with E-state index in [-0.39, 0.29) is 10.8 Å². The lowest BCUT2D eigenvalue weighted by Gasteiger charge is -2.12. The molecule has 7 nitrogen and oxygen atoms in total. The van der Waals surface area contributed by atoms with E-state index in [2.05, 4.69) is 16.5 Å². The fourth-order valence-corrected chi connectivity index (χ4v) is 3.65. The molecule has 144 valence electrons. The number of fused-ring (bicyclic) bond motifs is 1. The number of carbonyl (C=O) groups is 1. The summed E-state index contributed by atoms with van der Waals surface area (Å²) in [5, 5.41) is 0. The molecule has 1 heterocycles. The van der Waals surface area contributed by atoms with E-state index < -0.39 is 10.0 Å². The van der Waals surface area contributed by atoms with Crippen LogP contribution >= 0.6 is 0 Å². The maximum absolute atomic E-state index is 12.4. The zero-order valence-electron chi connectivity index (χ0n) is 16.2. The Bertz CT molecular complexity index is 885. The van der Waals surface area contributed by atoms with E-state index in [0.717, 1.165) is 30.7 Å². The van der Waals surface area contributed by atoms with E-state index >= 15 is 0 Å². The summed E-state index contributed by atoms with van der Waals surface area (Å²) >= 11 is 0. The Labute approximate surface area is 155 Å². The van der Waals surface area contributed by atoms with Crippen molar-refractivity contribution in [2.24, 2.45) is 0 Å². The lowest BCUT2D eigenvalue weighted by Crippen LogP contribution is -2.22. The van der Waals surface area contributed by atoms with Gasteiger partial charge in [0.1, 0.15) is 5.82 Å². The van der Waals surface area contributed by atoms with Gasteiger partial charge in [-0.25, -0.2) is 17.7 Å². The van der Waals surface area contributed by atoms with Gasteiger partial charge in [-0.3, -0.25) is 4.79 Å². The molecule has 0 atom stereocenters. The first kappa shape index (κ1) is 20.4. The average molecular weight is 381 g/mol. The van der Waals surface area contributed by atoms with Crippen LogP contribution in [0.5, 0.6) is 0 Å². The molecule has 0 bridgehead atoms. The molecule has 0 aliphatic rings. The quantitative estimate of drug-likeness (QED) is 0.703. The van der Waals surface area contributed by atoms with Gasteiger partial charge in [0, 0.05) is 47.6 Å². The molecule has 1 amide bonds. The molecule has 0 fully saturated rings. The minimum absolute atomic E-state index is 0.0509. The third-order valence-electron chi connectivity index (χ3n) is 4.37. The van der Waals surface area contributed by atoms with Crippen LogP contribution in [0.4, 0.5) is 0 Å². The number of benzene rings is 1. The van der Waals surface area contributed by atoms with Crippen molar-refractivity contribution in [3.63, 3.8) is 0 Å². The lowest BCUT2D eigenvalue weighted by atomic mass is 10.2. The largest absolute Gasteiger partial charge is 0.349 e.